The minimum atomic E-state index is 0.245. The second-order valence-electron chi connectivity index (χ2n) is 3.46. The third kappa shape index (κ3) is 4.07. The first kappa shape index (κ1) is 11.5. The van der Waals surface area contributed by atoms with Gasteiger partial charge in [-0.05, 0) is 37.0 Å². The van der Waals surface area contributed by atoms with Gasteiger partial charge < -0.3 is 5.73 Å². The number of rotatable bonds is 5. The second-order valence-corrected chi connectivity index (χ2v) is 4.37. The molecule has 1 rings (SSSR count). The molecule has 2 heteroatoms. The Morgan fingerprint density at radius 1 is 1.36 bits per heavy atom. The fraction of sp³-hybridized carbons (Fsp3) is 0.333. The number of hydrogen-bond acceptors (Lipinski definition) is 1. The Bertz CT molecular complexity index is 279. The van der Waals surface area contributed by atoms with Crippen molar-refractivity contribution in [1.82, 2.24) is 0 Å². The number of benzene rings is 1. The molecule has 1 aromatic carbocycles. The van der Waals surface area contributed by atoms with Crippen LogP contribution in [0, 0.1) is 0 Å². The molecular formula is C12H16BrN. The molecule has 0 fully saturated rings. The lowest BCUT2D eigenvalue weighted by Crippen LogP contribution is -2.22. The maximum Gasteiger partial charge on any atom is 0.0175 e. The van der Waals surface area contributed by atoms with Crippen molar-refractivity contribution in [3.8, 4) is 0 Å². The zero-order valence-corrected chi connectivity index (χ0v) is 9.83. The van der Waals surface area contributed by atoms with Crippen molar-refractivity contribution in [2.45, 2.75) is 25.3 Å². The highest BCUT2D eigenvalue weighted by molar-refractivity contribution is 9.10. The third-order valence-corrected chi connectivity index (χ3v) is 2.68. The van der Waals surface area contributed by atoms with Crippen LogP contribution in [0.2, 0.25) is 0 Å². The van der Waals surface area contributed by atoms with E-state index in [4.69, 9.17) is 5.73 Å². The van der Waals surface area contributed by atoms with Gasteiger partial charge in [0, 0.05) is 10.5 Å². The van der Waals surface area contributed by atoms with Crippen LogP contribution in [0.25, 0.3) is 0 Å². The van der Waals surface area contributed by atoms with Crippen LogP contribution in [0.5, 0.6) is 0 Å². The summed E-state index contributed by atoms with van der Waals surface area (Å²) in [5, 5.41) is 0. The van der Waals surface area contributed by atoms with E-state index in [9.17, 15) is 0 Å². The van der Waals surface area contributed by atoms with Gasteiger partial charge in [-0.25, -0.2) is 0 Å². The quantitative estimate of drug-likeness (QED) is 0.802. The van der Waals surface area contributed by atoms with Crippen molar-refractivity contribution in [1.29, 1.82) is 0 Å². The summed E-state index contributed by atoms with van der Waals surface area (Å²) in [5.41, 5.74) is 7.27. The van der Waals surface area contributed by atoms with Crippen molar-refractivity contribution in [3.63, 3.8) is 0 Å². The van der Waals surface area contributed by atoms with Crippen LogP contribution in [0.4, 0.5) is 0 Å². The number of halogens is 1. The predicted octanol–water partition coefficient (Wildman–Crippen LogP) is 3.29. The maximum absolute atomic E-state index is 5.97. The Labute approximate surface area is 94.1 Å². The summed E-state index contributed by atoms with van der Waals surface area (Å²) in [6.45, 7) is 3.69. The van der Waals surface area contributed by atoms with Crippen molar-refractivity contribution in [2.24, 2.45) is 5.73 Å². The van der Waals surface area contributed by atoms with Crippen LogP contribution < -0.4 is 5.73 Å². The molecule has 1 atom stereocenters. The molecule has 0 saturated carbocycles. The SMILES string of the molecule is C=CCCC(N)Cc1ccc(Br)cc1. The molecule has 0 heterocycles. The van der Waals surface area contributed by atoms with Gasteiger partial charge in [0.2, 0.25) is 0 Å². The summed E-state index contributed by atoms with van der Waals surface area (Å²) in [4.78, 5) is 0. The Balaban J connectivity index is 2.43. The summed E-state index contributed by atoms with van der Waals surface area (Å²) >= 11 is 3.41. The van der Waals surface area contributed by atoms with Gasteiger partial charge in [0.05, 0.1) is 0 Å². The average molecular weight is 254 g/mol. The van der Waals surface area contributed by atoms with Crippen molar-refractivity contribution in [3.05, 3.63) is 47.0 Å². The number of allylic oxidation sites excluding steroid dienone is 1. The summed E-state index contributed by atoms with van der Waals surface area (Å²) in [7, 11) is 0. The molecule has 1 aromatic rings. The molecule has 0 saturated heterocycles. The smallest absolute Gasteiger partial charge is 0.0175 e. The van der Waals surface area contributed by atoms with E-state index in [2.05, 4.69) is 46.8 Å². The predicted molar refractivity (Wildman–Crippen MR) is 65.3 cm³/mol. The first-order chi connectivity index (χ1) is 6.72. The highest BCUT2D eigenvalue weighted by Crippen LogP contribution is 2.12. The molecule has 0 aliphatic heterocycles. The van der Waals surface area contributed by atoms with Gasteiger partial charge in [-0.1, -0.05) is 34.1 Å². The van der Waals surface area contributed by atoms with Crippen LogP contribution in [0.3, 0.4) is 0 Å². The first-order valence-electron chi connectivity index (χ1n) is 4.83. The van der Waals surface area contributed by atoms with Crippen LogP contribution in [-0.4, -0.2) is 6.04 Å². The Morgan fingerprint density at radius 2 is 2.00 bits per heavy atom. The standard InChI is InChI=1S/C12H16BrN/c1-2-3-4-12(14)9-10-5-7-11(13)8-6-10/h2,5-8,12H,1,3-4,9,14H2. The molecule has 0 radical (unpaired) electrons. The molecule has 0 spiro atoms. The van der Waals surface area contributed by atoms with Gasteiger partial charge >= 0.3 is 0 Å². The lowest BCUT2D eigenvalue weighted by atomic mass is 10.0. The van der Waals surface area contributed by atoms with E-state index in [1.165, 1.54) is 5.56 Å². The highest BCUT2D eigenvalue weighted by atomic mass is 79.9. The Morgan fingerprint density at radius 3 is 2.57 bits per heavy atom. The monoisotopic (exact) mass is 253 g/mol. The molecule has 0 aliphatic carbocycles. The van der Waals surface area contributed by atoms with Gasteiger partial charge in [0.25, 0.3) is 0 Å². The van der Waals surface area contributed by atoms with Crippen LogP contribution >= 0.6 is 15.9 Å². The van der Waals surface area contributed by atoms with E-state index in [0.717, 1.165) is 23.7 Å². The van der Waals surface area contributed by atoms with E-state index in [1.54, 1.807) is 0 Å². The molecule has 1 nitrogen and oxygen atoms in total. The fourth-order valence-electron chi connectivity index (χ4n) is 1.36. The second kappa shape index (κ2) is 5.99. The minimum absolute atomic E-state index is 0.245. The lowest BCUT2D eigenvalue weighted by molar-refractivity contribution is 0.618. The van der Waals surface area contributed by atoms with E-state index >= 15 is 0 Å². The average Bonchev–Trinajstić information content (AvgIpc) is 2.18. The maximum atomic E-state index is 5.97. The van der Waals surface area contributed by atoms with Crippen molar-refractivity contribution < 1.29 is 0 Å². The van der Waals surface area contributed by atoms with Crippen molar-refractivity contribution in [2.75, 3.05) is 0 Å². The van der Waals surface area contributed by atoms with Crippen LogP contribution in [0.15, 0.2) is 41.4 Å². The first-order valence-corrected chi connectivity index (χ1v) is 5.62. The Hall–Kier alpha value is -0.600. The van der Waals surface area contributed by atoms with Gasteiger partial charge in [-0.15, -0.1) is 6.58 Å². The lowest BCUT2D eigenvalue weighted by Gasteiger charge is -2.09. The summed E-state index contributed by atoms with van der Waals surface area (Å²) < 4.78 is 1.11. The van der Waals surface area contributed by atoms with Gasteiger partial charge in [-0.2, -0.15) is 0 Å². The zero-order chi connectivity index (χ0) is 10.4. The van der Waals surface area contributed by atoms with E-state index in [0.29, 0.717) is 0 Å². The third-order valence-electron chi connectivity index (χ3n) is 2.15. The molecular weight excluding hydrogens is 238 g/mol. The van der Waals surface area contributed by atoms with Gasteiger partial charge in [0.15, 0.2) is 0 Å². The summed E-state index contributed by atoms with van der Waals surface area (Å²) in [6, 6.07) is 8.56. The van der Waals surface area contributed by atoms with Crippen molar-refractivity contribution >= 4 is 15.9 Å². The number of nitrogens with two attached hydrogens (primary N) is 1. The largest absolute Gasteiger partial charge is 0.327 e. The molecule has 0 aliphatic rings. The van der Waals surface area contributed by atoms with Gasteiger partial charge in [0.1, 0.15) is 0 Å². The van der Waals surface area contributed by atoms with Gasteiger partial charge in [-0.3, -0.25) is 0 Å². The molecule has 1 unspecified atom stereocenters. The van der Waals surface area contributed by atoms with E-state index in [1.807, 2.05) is 6.08 Å². The van der Waals surface area contributed by atoms with E-state index in [-0.39, 0.29) is 6.04 Å². The topological polar surface area (TPSA) is 26.0 Å². The van der Waals surface area contributed by atoms with Crippen LogP contribution in [0.1, 0.15) is 18.4 Å². The zero-order valence-electron chi connectivity index (χ0n) is 8.25. The summed E-state index contributed by atoms with van der Waals surface area (Å²) in [6.07, 6.45) is 4.87. The number of hydrogen-bond donors (Lipinski definition) is 1. The normalized spacial score (nSPS) is 12.4. The Kier molecular flexibility index (Phi) is 4.91. The molecule has 14 heavy (non-hydrogen) atoms. The van der Waals surface area contributed by atoms with Crippen LogP contribution in [-0.2, 0) is 6.42 Å². The molecule has 0 aromatic heterocycles. The molecule has 0 bridgehead atoms. The fourth-order valence-corrected chi connectivity index (χ4v) is 1.62. The summed E-state index contributed by atoms with van der Waals surface area (Å²) in [5.74, 6) is 0. The highest BCUT2D eigenvalue weighted by Gasteiger charge is 2.02. The molecule has 76 valence electrons. The molecule has 0 amide bonds. The minimum Gasteiger partial charge on any atom is -0.327 e. The molecule has 2 N–H and O–H groups in total. The van der Waals surface area contributed by atoms with E-state index < -0.39 is 0 Å².